The maximum Gasteiger partial charge on any atom is 0.306 e. The first-order valence-electron chi connectivity index (χ1n) is 4.05. The van der Waals surface area contributed by atoms with Gasteiger partial charge >= 0.3 is 10.1 Å². The van der Waals surface area contributed by atoms with Gasteiger partial charge in [0.2, 0.25) is 0 Å². The Morgan fingerprint density at radius 2 is 1.94 bits per heavy atom. The Hall–Kier alpha value is -1.83. The van der Waals surface area contributed by atoms with Gasteiger partial charge < -0.3 is 8.92 Å². The molecule has 0 radical (unpaired) electrons. The predicted octanol–water partition coefficient (Wildman–Crippen LogP) is 0.942. The van der Waals surface area contributed by atoms with Crippen LogP contribution in [-0.2, 0) is 10.1 Å². The van der Waals surface area contributed by atoms with Crippen molar-refractivity contribution in [1.29, 1.82) is 0 Å². The quantitative estimate of drug-likeness (QED) is 0.446. The van der Waals surface area contributed by atoms with Crippen LogP contribution in [0, 0.1) is 10.1 Å². The molecule has 0 amide bonds. The maximum absolute atomic E-state index is 10.9. The number of hydrogen-bond acceptors (Lipinski definition) is 6. The van der Waals surface area contributed by atoms with E-state index in [-0.39, 0.29) is 17.2 Å². The summed E-state index contributed by atoms with van der Waals surface area (Å²) in [7, 11) is -2.43. The second-order valence-corrected chi connectivity index (χ2v) is 4.45. The Labute approximate surface area is 91.9 Å². The van der Waals surface area contributed by atoms with Crippen molar-refractivity contribution in [3.63, 3.8) is 0 Å². The van der Waals surface area contributed by atoms with Gasteiger partial charge in [-0.25, -0.2) is 0 Å². The van der Waals surface area contributed by atoms with Crippen molar-refractivity contribution in [3.8, 4) is 11.5 Å². The number of benzene rings is 1. The van der Waals surface area contributed by atoms with Gasteiger partial charge in [-0.2, -0.15) is 8.42 Å². The molecule has 0 aliphatic heterocycles. The van der Waals surface area contributed by atoms with Crippen LogP contribution in [-0.4, -0.2) is 26.7 Å². The third-order valence-corrected chi connectivity index (χ3v) is 2.08. The first kappa shape index (κ1) is 12.2. The fraction of sp³-hybridized carbons (Fsp3) is 0.250. The minimum Gasteiger partial charge on any atom is -0.493 e. The number of nitrogens with zero attached hydrogens (tertiary/aromatic N) is 1. The number of nitro groups is 1. The average molecular weight is 247 g/mol. The molecule has 0 aromatic heterocycles. The lowest BCUT2D eigenvalue weighted by molar-refractivity contribution is -0.384. The zero-order valence-electron chi connectivity index (χ0n) is 8.54. The van der Waals surface area contributed by atoms with E-state index in [0.717, 1.165) is 24.5 Å². The molecule has 8 heteroatoms. The summed E-state index contributed by atoms with van der Waals surface area (Å²) in [5.41, 5.74) is -0.210. The Balaban J connectivity index is 3.17. The molecule has 1 aromatic carbocycles. The first-order valence-corrected chi connectivity index (χ1v) is 5.87. The highest BCUT2D eigenvalue weighted by molar-refractivity contribution is 7.86. The highest BCUT2D eigenvalue weighted by Crippen LogP contribution is 2.31. The molecule has 88 valence electrons. The second-order valence-electron chi connectivity index (χ2n) is 2.88. The molecule has 0 unspecified atom stereocenters. The number of non-ortho nitro benzene ring substituents is 1. The van der Waals surface area contributed by atoms with E-state index in [2.05, 4.69) is 4.18 Å². The minimum absolute atomic E-state index is 0.0142. The Kier molecular flexibility index (Phi) is 3.33. The van der Waals surface area contributed by atoms with Gasteiger partial charge in [0.25, 0.3) is 5.69 Å². The summed E-state index contributed by atoms with van der Waals surface area (Å²) in [6.07, 6.45) is 0.869. The van der Waals surface area contributed by atoms with Crippen molar-refractivity contribution >= 4 is 15.8 Å². The van der Waals surface area contributed by atoms with Crippen LogP contribution in [0.1, 0.15) is 0 Å². The Morgan fingerprint density at radius 1 is 1.31 bits per heavy atom. The molecule has 0 atom stereocenters. The maximum atomic E-state index is 10.9. The highest BCUT2D eigenvalue weighted by atomic mass is 32.2. The van der Waals surface area contributed by atoms with Crippen molar-refractivity contribution < 1.29 is 22.3 Å². The number of methoxy groups -OCH3 is 1. The summed E-state index contributed by atoms with van der Waals surface area (Å²) in [5, 5.41) is 10.5. The number of nitro benzene ring substituents is 1. The smallest absolute Gasteiger partial charge is 0.306 e. The van der Waals surface area contributed by atoms with Gasteiger partial charge in [-0.15, -0.1) is 0 Å². The standard InChI is InChI=1S/C8H9NO6S/c1-14-8-5-6(9(10)11)3-4-7(8)15-16(2,12)13/h3-5H,1-2H3. The van der Waals surface area contributed by atoms with E-state index in [1.807, 2.05) is 0 Å². The van der Waals surface area contributed by atoms with E-state index in [9.17, 15) is 18.5 Å². The zero-order chi connectivity index (χ0) is 12.3. The van der Waals surface area contributed by atoms with E-state index < -0.39 is 15.0 Å². The molecule has 0 spiro atoms. The third-order valence-electron chi connectivity index (χ3n) is 1.60. The fourth-order valence-electron chi connectivity index (χ4n) is 1.00. The van der Waals surface area contributed by atoms with Crippen LogP contribution in [0.2, 0.25) is 0 Å². The summed E-state index contributed by atoms with van der Waals surface area (Å²) in [6.45, 7) is 0. The number of hydrogen-bond donors (Lipinski definition) is 0. The SMILES string of the molecule is COc1cc([N+](=O)[O-])ccc1OS(C)(=O)=O. The highest BCUT2D eigenvalue weighted by Gasteiger charge is 2.15. The monoisotopic (exact) mass is 247 g/mol. The molecule has 0 N–H and O–H groups in total. The predicted molar refractivity (Wildman–Crippen MR) is 55.1 cm³/mol. The fourth-order valence-corrected chi connectivity index (χ4v) is 1.47. The first-order chi connectivity index (χ1) is 7.33. The van der Waals surface area contributed by atoms with Crippen LogP contribution in [0.3, 0.4) is 0 Å². The van der Waals surface area contributed by atoms with Crippen molar-refractivity contribution in [2.75, 3.05) is 13.4 Å². The molecule has 16 heavy (non-hydrogen) atoms. The molecule has 7 nitrogen and oxygen atoms in total. The van der Waals surface area contributed by atoms with E-state index in [1.165, 1.54) is 7.11 Å². The van der Waals surface area contributed by atoms with Crippen molar-refractivity contribution in [2.24, 2.45) is 0 Å². The van der Waals surface area contributed by atoms with Gasteiger partial charge in [-0.3, -0.25) is 10.1 Å². The lowest BCUT2D eigenvalue weighted by atomic mass is 10.3. The molecule has 0 aliphatic carbocycles. The van der Waals surface area contributed by atoms with Crippen LogP contribution < -0.4 is 8.92 Å². The number of rotatable bonds is 4. The molecule has 0 saturated heterocycles. The van der Waals surface area contributed by atoms with Gasteiger partial charge in [0.1, 0.15) is 0 Å². The average Bonchev–Trinajstić information content (AvgIpc) is 2.15. The van der Waals surface area contributed by atoms with Crippen LogP contribution in [0.15, 0.2) is 18.2 Å². The molecule has 1 rings (SSSR count). The molecule has 0 saturated carbocycles. The normalized spacial score (nSPS) is 10.9. The van der Waals surface area contributed by atoms with Crippen molar-refractivity contribution in [1.82, 2.24) is 0 Å². The summed E-state index contributed by atoms with van der Waals surface area (Å²) < 4.78 is 31.1. The van der Waals surface area contributed by atoms with Gasteiger partial charge in [-0.05, 0) is 6.07 Å². The van der Waals surface area contributed by atoms with Crippen molar-refractivity contribution in [3.05, 3.63) is 28.3 Å². The molecular formula is C8H9NO6S. The molecule has 0 aliphatic rings. The van der Waals surface area contributed by atoms with Gasteiger partial charge in [0.05, 0.1) is 24.4 Å². The molecule has 0 heterocycles. The van der Waals surface area contributed by atoms with Gasteiger partial charge in [0, 0.05) is 6.07 Å². The molecule has 0 fully saturated rings. The molecular weight excluding hydrogens is 238 g/mol. The van der Waals surface area contributed by atoms with E-state index in [1.54, 1.807) is 0 Å². The van der Waals surface area contributed by atoms with Gasteiger partial charge in [-0.1, -0.05) is 0 Å². The van der Waals surface area contributed by atoms with Crippen LogP contribution in [0.5, 0.6) is 11.5 Å². The third kappa shape index (κ3) is 3.09. The summed E-state index contributed by atoms with van der Waals surface area (Å²) >= 11 is 0. The summed E-state index contributed by atoms with van der Waals surface area (Å²) in [4.78, 5) is 9.84. The van der Waals surface area contributed by atoms with E-state index in [4.69, 9.17) is 4.74 Å². The zero-order valence-corrected chi connectivity index (χ0v) is 9.35. The lowest BCUT2D eigenvalue weighted by Crippen LogP contribution is -2.06. The Bertz CT molecular complexity index is 509. The van der Waals surface area contributed by atoms with Crippen LogP contribution in [0.25, 0.3) is 0 Å². The Morgan fingerprint density at radius 3 is 2.38 bits per heavy atom. The largest absolute Gasteiger partial charge is 0.493 e. The topological polar surface area (TPSA) is 95.7 Å². The van der Waals surface area contributed by atoms with Crippen LogP contribution >= 0.6 is 0 Å². The molecule has 1 aromatic rings. The summed E-state index contributed by atoms with van der Waals surface area (Å²) in [5.74, 6) is -0.102. The van der Waals surface area contributed by atoms with Crippen LogP contribution in [0.4, 0.5) is 5.69 Å². The lowest BCUT2D eigenvalue weighted by Gasteiger charge is -2.07. The summed E-state index contributed by atoms with van der Waals surface area (Å²) in [6, 6.07) is 3.38. The van der Waals surface area contributed by atoms with Gasteiger partial charge in [0.15, 0.2) is 11.5 Å². The van der Waals surface area contributed by atoms with E-state index in [0.29, 0.717) is 0 Å². The number of ether oxygens (including phenoxy) is 1. The molecule has 0 bridgehead atoms. The van der Waals surface area contributed by atoms with E-state index >= 15 is 0 Å². The minimum atomic E-state index is -3.69. The van der Waals surface area contributed by atoms with Crippen molar-refractivity contribution in [2.45, 2.75) is 0 Å². The second kappa shape index (κ2) is 4.35.